The average molecular weight is 322 g/mol. The number of hydrogen-bond donors (Lipinski definition) is 3. The molecule has 1 aliphatic rings. The van der Waals surface area contributed by atoms with Crippen molar-refractivity contribution < 1.29 is 29.3 Å². The quantitative estimate of drug-likeness (QED) is 0.395. The Labute approximate surface area is 132 Å². The van der Waals surface area contributed by atoms with E-state index in [-0.39, 0.29) is 42.6 Å². The number of aromatic hydroxyl groups is 2. The topological polar surface area (TPSA) is 130 Å². The van der Waals surface area contributed by atoms with E-state index in [2.05, 4.69) is 0 Å². The maximum absolute atomic E-state index is 12.1. The van der Waals surface area contributed by atoms with Gasteiger partial charge in [-0.15, -0.1) is 0 Å². The summed E-state index contributed by atoms with van der Waals surface area (Å²) in [5.41, 5.74) is 5.03. The van der Waals surface area contributed by atoms with Crippen molar-refractivity contribution in [1.29, 1.82) is 0 Å². The molecule has 0 spiro atoms. The zero-order valence-electron chi connectivity index (χ0n) is 12.6. The maximum Gasteiger partial charge on any atom is 0.327 e. The van der Waals surface area contributed by atoms with Crippen molar-refractivity contribution in [3.8, 4) is 11.5 Å². The minimum atomic E-state index is -1.42. The van der Waals surface area contributed by atoms with Gasteiger partial charge in [-0.2, -0.15) is 0 Å². The van der Waals surface area contributed by atoms with Crippen LogP contribution in [0.15, 0.2) is 18.2 Å². The van der Waals surface area contributed by atoms with E-state index in [1.54, 1.807) is 0 Å². The van der Waals surface area contributed by atoms with E-state index in [1.165, 1.54) is 25.1 Å². The van der Waals surface area contributed by atoms with Gasteiger partial charge in [0.2, 0.25) is 11.8 Å². The molecule has 4 N–H and O–H groups in total. The van der Waals surface area contributed by atoms with Crippen LogP contribution in [0.5, 0.6) is 11.5 Å². The zero-order valence-corrected chi connectivity index (χ0v) is 12.6. The van der Waals surface area contributed by atoms with Crippen molar-refractivity contribution in [1.82, 2.24) is 4.90 Å². The second-order valence-electron chi connectivity index (χ2n) is 5.69. The number of nitrogens with two attached hydrogens (primary N) is 1. The van der Waals surface area contributed by atoms with E-state index in [0.29, 0.717) is 5.56 Å². The number of carbonyl (C=O) groups excluding carboxylic acids is 3. The normalized spacial score (nSPS) is 17.2. The van der Waals surface area contributed by atoms with Crippen molar-refractivity contribution >= 4 is 17.8 Å². The van der Waals surface area contributed by atoms with Crippen LogP contribution in [0.1, 0.15) is 25.3 Å². The third-order valence-corrected chi connectivity index (χ3v) is 3.56. The highest BCUT2D eigenvalue weighted by Crippen LogP contribution is 2.26. The monoisotopic (exact) mass is 322 g/mol. The summed E-state index contributed by atoms with van der Waals surface area (Å²) < 4.78 is 4.97. The standard InChI is InChI=1S/C15H18N2O6/c1-15(16,7-9-2-3-10(18)11(19)6-9)14(22)23-8-17-12(20)4-5-13(17)21/h2-3,6,18-19H,4-5,7-8,16H2,1H3. The molecule has 1 unspecified atom stereocenters. The first-order chi connectivity index (χ1) is 10.7. The summed E-state index contributed by atoms with van der Waals surface area (Å²) in [4.78, 5) is 35.8. The van der Waals surface area contributed by atoms with Gasteiger partial charge in [-0.3, -0.25) is 9.59 Å². The SMILES string of the molecule is CC(N)(Cc1ccc(O)c(O)c1)C(=O)OCN1C(=O)CCC1=O. The lowest BCUT2D eigenvalue weighted by Gasteiger charge is -2.24. The Morgan fingerprint density at radius 1 is 1.26 bits per heavy atom. The lowest BCUT2D eigenvalue weighted by atomic mass is 9.94. The second kappa shape index (κ2) is 6.25. The van der Waals surface area contributed by atoms with Crippen LogP contribution in [0.2, 0.25) is 0 Å². The first kappa shape index (κ1) is 16.8. The van der Waals surface area contributed by atoms with Crippen LogP contribution in [0.25, 0.3) is 0 Å². The molecule has 1 aromatic rings. The number of ether oxygens (including phenoxy) is 1. The van der Waals surface area contributed by atoms with Gasteiger partial charge in [0.25, 0.3) is 0 Å². The first-order valence-electron chi connectivity index (χ1n) is 7.01. The van der Waals surface area contributed by atoms with Crippen molar-refractivity contribution in [2.75, 3.05) is 6.73 Å². The summed E-state index contributed by atoms with van der Waals surface area (Å²) in [6.07, 6.45) is 0.272. The van der Waals surface area contributed by atoms with Gasteiger partial charge in [0.15, 0.2) is 18.2 Å². The number of rotatable bonds is 5. The molecule has 8 heteroatoms. The fraction of sp³-hybridized carbons (Fsp3) is 0.400. The Bertz CT molecular complexity index is 639. The molecule has 1 aliphatic heterocycles. The molecule has 0 aliphatic carbocycles. The van der Waals surface area contributed by atoms with Gasteiger partial charge in [0.1, 0.15) is 5.54 Å². The van der Waals surface area contributed by atoms with Gasteiger partial charge in [0, 0.05) is 19.3 Å². The smallest absolute Gasteiger partial charge is 0.327 e. The van der Waals surface area contributed by atoms with Gasteiger partial charge >= 0.3 is 5.97 Å². The fourth-order valence-corrected chi connectivity index (χ4v) is 2.23. The molecular formula is C15H18N2O6. The molecule has 0 bridgehead atoms. The van der Waals surface area contributed by atoms with Crippen LogP contribution in [0, 0.1) is 0 Å². The van der Waals surface area contributed by atoms with Crippen molar-refractivity contribution in [2.45, 2.75) is 31.7 Å². The van der Waals surface area contributed by atoms with Crippen molar-refractivity contribution in [3.63, 3.8) is 0 Å². The molecule has 2 rings (SSSR count). The largest absolute Gasteiger partial charge is 0.504 e. The van der Waals surface area contributed by atoms with Gasteiger partial charge < -0.3 is 20.7 Å². The number of amides is 2. The molecule has 1 saturated heterocycles. The molecule has 2 amide bonds. The highest BCUT2D eigenvalue weighted by atomic mass is 16.5. The van der Waals surface area contributed by atoms with Gasteiger partial charge in [-0.1, -0.05) is 6.07 Å². The average Bonchev–Trinajstić information content (AvgIpc) is 2.79. The Hall–Kier alpha value is -2.61. The number of phenolic OH excluding ortho intramolecular Hbond substituents is 2. The Kier molecular flexibility index (Phi) is 4.55. The highest BCUT2D eigenvalue weighted by Gasteiger charge is 2.34. The zero-order chi connectivity index (χ0) is 17.2. The molecule has 0 radical (unpaired) electrons. The van der Waals surface area contributed by atoms with E-state index < -0.39 is 18.2 Å². The summed E-state index contributed by atoms with van der Waals surface area (Å²) in [5.74, 6) is -2.14. The van der Waals surface area contributed by atoms with Crippen molar-refractivity contribution in [2.24, 2.45) is 5.73 Å². The van der Waals surface area contributed by atoms with Gasteiger partial charge in [-0.25, -0.2) is 9.69 Å². The molecule has 124 valence electrons. The molecule has 1 aromatic carbocycles. The lowest BCUT2D eigenvalue weighted by molar-refractivity contribution is -0.159. The first-order valence-corrected chi connectivity index (χ1v) is 7.01. The van der Waals surface area contributed by atoms with Crippen LogP contribution in [-0.4, -0.2) is 45.2 Å². The summed E-state index contributed by atoms with van der Waals surface area (Å²) in [6, 6.07) is 4.09. The van der Waals surface area contributed by atoms with E-state index >= 15 is 0 Å². The summed E-state index contributed by atoms with van der Waals surface area (Å²) in [6.45, 7) is 0.983. The Balaban J connectivity index is 1.98. The summed E-state index contributed by atoms with van der Waals surface area (Å²) >= 11 is 0. The van der Waals surface area contributed by atoms with E-state index in [4.69, 9.17) is 10.5 Å². The molecule has 0 aromatic heterocycles. The molecule has 23 heavy (non-hydrogen) atoms. The fourth-order valence-electron chi connectivity index (χ4n) is 2.23. The highest BCUT2D eigenvalue weighted by molar-refractivity contribution is 6.01. The molecule has 1 atom stereocenters. The molecule has 1 fully saturated rings. The minimum absolute atomic E-state index is 0.0432. The second-order valence-corrected chi connectivity index (χ2v) is 5.69. The molecule has 8 nitrogen and oxygen atoms in total. The third-order valence-electron chi connectivity index (χ3n) is 3.56. The van der Waals surface area contributed by atoms with Crippen LogP contribution in [0.3, 0.4) is 0 Å². The lowest BCUT2D eigenvalue weighted by Crippen LogP contribution is -2.49. The molecule has 1 heterocycles. The number of nitrogens with zero attached hydrogens (tertiary/aromatic N) is 1. The van der Waals surface area contributed by atoms with Crippen molar-refractivity contribution in [3.05, 3.63) is 23.8 Å². The number of benzene rings is 1. The number of likely N-dealkylation sites (tertiary alicyclic amines) is 1. The number of imide groups is 1. The van der Waals surface area contributed by atoms with E-state index in [1.807, 2.05) is 0 Å². The summed E-state index contributed by atoms with van der Waals surface area (Å²) in [5, 5.41) is 18.7. The molecular weight excluding hydrogens is 304 g/mol. The van der Waals surface area contributed by atoms with Crippen LogP contribution >= 0.6 is 0 Å². The van der Waals surface area contributed by atoms with E-state index in [9.17, 15) is 24.6 Å². The number of carbonyl (C=O) groups is 3. The predicted molar refractivity (Wildman–Crippen MR) is 78.1 cm³/mol. The maximum atomic E-state index is 12.1. The van der Waals surface area contributed by atoms with Gasteiger partial charge in [-0.05, 0) is 24.6 Å². The Morgan fingerprint density at radius 3 is 2.43 bits per heavy atom. The number of hydrogen-bond acceptors (Lipinski definition) is 7. The van der Waals surface area contributed by atoms with Crippen LogP contribution < -0.4 is 5.73 Å². The molecule has 0 saturated carbocycles. The Morgan fingerprint density at radius 2 is 1.87 bits per heavy atom. The number of phenols is 2. The predicted octanol–water partition coefficient (Wildman–Crippen LogP) is 0.00740. The minimum Gasteiger partial charge on any atom is -0.504 e. The van der Waals surface area contributed by atoms with Gasteiger partial charge in [0.05, 0.1) is 0 Å². The third kappa shape index (κ3) is 3.78. The van der Waals surface area contributed by atoms with Crippen LogP contribution in [-0.2, 0) is 25.5 Å². The summed E-state index contributed by atoms with van der Waals surface area (Å²) in [7, 11) is 0. The van der Waals surface area contributed by atoms with E-state index in [0.717, 1.165) is 4.90 Å². The number of esters is 1. The van der Waals surface area contributed by atoms with Crippen LogP contribution in [0.4, 0.5) is 0 Å².